The number of hydrogen-bond acceptors (Lipinski definition) is 4. The lowest BCUT2D eigenvalue weighted by Crippen LogP contribution is -2.26. The lowest BCUT2D eigenvalue weighted by Gasteiger charge is -2.18. The average Bonchev–Trinajstić information content (AvgIpc) is 2.55. The summed E-state index contributed by atoms with van der Waals surface area (Å²) in [6.07, 6.45) is 1.06. The van der Waals surface area contributed by atoms with Crippen LogP contribution in [0.5, 0.6) is 5.75 Å². The maximum atomic E-state index is 12.6. The Hall–Kier alpha value is -2.05. The smallest absolute Gasteiger partial charge is 0.253 e. The van der Waals surface area contributed by atoms with Crippen LogP contribution in [-0.2, 0) is 16.4 Å². The van der Waals surface area contributed by atoms with Gasteiger partial charge in [-0.05, 0) is 42.8 Å². The Morgan fingerprint density at radius 2 is 1.80 bits per heavy atom. The molecular formula is C18H20ClNO4S. The zero-order chi connectivity index (χ0) is 18.6. The molecule has 0 bridgehead atoms. The number of hydrogen-bond donors (Lipinski definition) is 0. The van der Waals surface area contributed by atoms with E-state index in [0.717, 1.165) is 17.6 Å². The SMILES string of the molecule is CCOc1ccc(CN(C)C(=O)c2ccc(Cl)c(S(C)(=O)=O)c2)cc1. The van der Waals surface area contributed by atoms with Crippen molar-refractivity contribution in [2.45, 2.75) is 18.4 Å². The number of halogens is 1. The predicted octanol–water partition coefficient (Wildman–Crippen LogP) is 3.41. The summed E-state index contributed by atoms with van der Waals surface area (Å²) in [5.74, 6) is 0.492. The van der Waals surface area contributed by atoms with Gasteiger partial charge in [0, 0.05) is 25.4 Å². The molecule has 0 aliphatic rings. The number of sulfone groups is 1. The second-order valence-corrected chi connectivity index (χ2v) is 8.05. The molecule has 0 heterocycles. The third-order valence-electron chi connectivity index (χ3n) is 3.58. The van der Waals surface area contributed by atoms with Gasteiger partial charge < -0.3 is 9.64 Å². The summed E-state index contributed by atoms with van der Waals surface area (Å²) >= 11 is 5.92. The van der Waals surface area contributed by atoms with Crippen molar-refractivity contribution < 1.29 is 17.9 Å². The molecule has 0 aromatic heterocycles. The van der Waals surface area contributed by atoms with E-state index in [9.17, 15) is 13.2 Å². The maximum absolute atomic E-state index is 12.6. The molecule has 5 nitrogen and oxygen atoms in total. The summed E-state index contributed by atoms with van der Waals surface area (Å²) in [5.41, 5.74) is 1.22. The Bertz CT molecular complexity index is 863. The second-order valence-electron chi connectivity index (χ2n) is 5.66. The minimum absolute atomic E-state index is 0.0468. The monoisotopic (exact) mass is 381 g/mol. The van der Waals surface area contributed by atoms with E-state index < -0.39 is 9.84 Å². The largest absolute Gasteiger partial charge is 0.494 e. The van der Waals surface area contributed by atoms with Gasteiger partial charge in [-0.2, -0.15) is 0 Å². The molecule has 0 aliphatic carbocycles. The fraction of sp³-hybridized carbons (Fsp3) is 0.278. The van der Waals surface area contributed by atoms with E-state index in [1.807, 2.05) is 31.2 Å². The van der Waals surface area contributed by atoms with Gasteiger partial charge in [0.25, 0.3) is 5.91 Å². The van der Waals surface area contributed by atoms with E-state index in [1.54, 1.807) is 7.05 Å². The first-order valence-corrected chi connectivity index (χ1v) is 9.96. The van der Waals surface area contributed by atoms with E-state index in [4.69, 9.17) is 16.3 Å². The van der Waals surface area contributed by atoms with Gasteiger partial charge >= 0.3 is 0 Å². The third-order valence-corrected chi connectivity index (χ3v) is 5.16. The van der Waals surface area contributed by atoms with Gasteiger partial charge in [-0.1, -0.05) is 23.7 Å². The first-order chi connectivity index (χ1) is 11.7. The highest BCUT2D eigenvalue weighted by atomic mass is 35.5. The molecule has 2 aromatic carbocycles. The van der Waals surface area contributed by atoms with Gasteiger partial charge in [0.15, 0.2) is 9.84 Å². The maximum Gasteiger partial charge on any atom is 0.253 e. The molecule has 0 unspecified atom stereocenters. The molecule has 0 saturated carbocycles. The molecular weight excluding hydrogens is 362 g/mol. The highest BCUT2D eigenvalue weighted by Gasteiger charge is 2.18. The van der Waals surface area contributed by atoms with Crippen molar-refractivity contribution in [3.05, 3.63) is 58.6 Å². The quantitative estimate of drug-likeness (QED) is 0.769. The Labute approximate surface area is 153 Å². The van der Waals surface area contributed by atoms with Gasteiger partial charge in [-0.3, -0.25) is 4.79 Å². The van der Waals surface area contributed by atoms with Crippen LogP contribution in [0.4, 0.5) is 0 Å². The fourth-order valence-corrected chi connectivity index (χ4v) is 3.65. The second kappa shape index (κ2) is 7.89. The molecule has 0 fully saturated rings. The van der Waals surface area contributed by atoms with Crippen molar-refractivity contribution >= 4 is 27.3 Å². The van der Waals surface area contributed by atoms with Crippen molar-refractivity contribution in [3.8, 4) is 5.75 Å². The normalized spacial score (nSPS) is 11.2. The number of amides is 1. The van der Waals surface area contributed by atoms with E-state index in [2.05, 4.69) is 0 Å². The summed E-state index contributed by atoms with van der Waals surface area (Å²) < 4.78 is 28.9. The Balaban J connectivity index is 2.17. The lowest BCUT2D eigenvalue weighted by molar-refractivity contribution is 0.0785. The molecule has 0 aliphatic heterocycles. The van der Waals surface area contributed by atoms with Gasteiger partial charge in [0.2, 0.25) is 0 Å². The van der Waals surface area contributed by atoms with Crippen LogP contribution >= 0.6 is 11.6 Å². The molecule has 0 spiro atoms. The summed E-state index contributed by atoms with van der Waals surface area (Å²) in [6, 6.07) is 11.7. The van der Waals surface area contributed by atoms with Crippen LogP contribution in [0.1, 0.15) is 22.8 Å². The first kappa shape index (κ1) is 19.3. The zero-order valence-electron chi connectivity index (χ0n) is 14.3. The Morgan fingerprint density at radius 3 is 2.36 bits per heavy atom. The third kappa shape index (κ3) is 4.96. The number of carbonyl (C=O) groups excluding carboxylic acids is 1. The van der Waals surface area contributed by atoms with Crippen LogP contribution in [0.15, 0.2) is 47.4 Å². The molecule has 0 radical (unpaired) electrons. The Kier molecular flexibility index (Phi) is 6.08. The molecule has 25 heavy (non-hydrogen) atoms. The van der Waals surface area contributed by atoms with E-state index in [0.29, 0.717) is 13.2 Å². The van der Waals surface area contributed by atoms with Crippen LogP contribution < -0.4 is 4.74 Å². The average molecular weight is 382 g/mol. The molecule has 0 N–H and O–H groups in total. The molecule has 7 heteroatoms. The summed E-state index contributed by atoms with van der Waals surface area (Å²) in [5, 5.41) is 0.105. The minimum atomic E-state index is -3.50. The summed E-state index contributed by atoms with van der Waals surface area (Å²) in [4.78, 5) is 14.0. The standard InChI is InChI=1S/C18H20ClNO4S/c1-4-24-15-8-5-13(6-9-15)12-20(2)18(21)14-7-10-16(19)17(11-14)25(3,22)23/h5-11H,4,12H2,1-3H3. The van der Waals surface area contributed by atoms with Crippen LogP contribution in [0.3, 0.4) is 0 Å². The molecule has 134 valence electrons. The number of rotatable bonds is 6. The highest BCUT2D eigenvalue weighted by molar-refractivity contribution is 7.90. The number of benzene rings is 2. The molecule has 0 saturated heterocycles. The van der Waals surface area contributed by atoms with Gasteiger partial charge in [0.1, 0.15) is 5.75 Å². The number of ether oxygens (including phenoxy) is 1. The highest BCUT2D eigenvalue weighted by Crippen LogP contribution is 2.23. The molecule has 2 aromatic rings. The van der Waals surface area contributed by atoms with Crippen LogP contribution in [0.25, 0.3) is 0 Å². The molecule has 0 atom stereocenters. The van der Waals surface area contributed by atoms with Crippen LogP contribution in [0.2, 0.25) is 5.02 Å². The van der Waals surface area contributed by atoms with Crippen LogP contribution in [-0.4, -0.2) is 39.1 Å². The van der Waals surface area contributed by atoms with Crippen molar-refractivity contribution in [2.24, 2.45) is 0 Å². The van der Waals surface area contributed by atoms with Crippen molar-refractivity contribution in [2.75, 3.05) is 19.9 Å². The summed E-state index contributed by atoms with van der Waals surface area (Å²) in [6.45, 7) is 2.90. The van der Waals surface area contributed by atoms with Crippen molar-refractivity contribution in [3.63, 3.8) is 0 Å². The zero-order valence-corrected chi connectivity index (χ0v) is 15.9. The van der Waals surface area contributed by atoms with Crippen LogP contribution in [0, 0.1) is 0 Å². The van der Waals surface area contributed by atoms with E-state index >= 15 is 0 Å². The lowest BCUT2D eigenvalue weighted by atomic mass is 10.1. The molecule has 2 rings (SSSR count). The van der Waals surface area contributed by atoms with E-state index in [1.165, 1.54) is 23.1 Å². The van der Waals surface area contributed by atoms with Crippen molar-refractivity contribution in [1.29, 1.82) is 0 Å². The van der Waals surface area contributed by atoms with Gasteiger partial charge in [-0.15, -0.1) is 0 Å². The number of nitrogens with zero attached hydrogens (tertiary/aromatic N) is 1. The van der Waals surface area contributed by atoms with E-state index in [-0.39, 0.29) is 21.4 Å². The molecule has 1 amide bonds. The minimum Gasteiger partial charge on any atom is -0.494 e. The Morgan fingerprint density at radius 1 is 1.16 bits per heavy atom. The topological polar surface area (TPSA) is 63.7 Å². The first-order valence-electron chi connectivity index (χ1n) is 7.69. The van der Waals surface area contributed by atoms with Crippen molar-refractivity contribution in [1.82, 2.24) is 4.90 Å². The number of carbonyl (C=O) groups is 1. The fourth-order valence-electron chi connectivity index (χ4n) is 2.34. The van der Waals surface area contributed by atoms with Gasteiger partial charge in [-0.25, -0.2) is 8.42 Å². The van der Waals surface area contributed by atoms with Gasteiger partial charge in [0.05, 0.1) is 16.5 Å². The predicted molar refractivity (Wildman–Crippen MR) is 98.0 cm³/mol. The summed E-state index contributed by atoms with van der Waals surface area (Å²) in [7, 11) is -1.84.